The topological polar surface area (TPSA) is 74.6 Å². The van der Waals surface area contributed by atoms with E-state index in [1.165, 1.54) is 218 Å². The Morgan fingerprint density at radius 2 is 0.509 bits per heavy atom. The fourth-order valence-corrected chi connectivity index (χ4v) is 8.34. The maximum atomic E-state index is 12.5. The van der Waals surface area contributed by atoms with Crippen LogP contribution < -0.4 is 0 Å². The van der Waals surface area contributed by atoms with Gasteiger partial charge < -0.3 is 10.2 Å². The maximum Gasteiger partial charge on any atom is 0.332 e. The van der Waals surface area contributed by atoms with Gasteiger partial charge in [-0.15, -0.1) is 0 Å². The molecule has 53 heavy (non-hydrogen) atoms. The molecule has 4 nitrogen and oxygen atoms in total. The summed E-state index contributed by atoms with van der Waals surface area (Å²) in [6.45, 7) is 8.34. The fourth-order valence-electron chi connectivity index (χ4n) is 8.34. The third kappa shape index (κ3) is 32.6. The van der Waals surface area contributed by atoms with Gasteiger partial charge in [-0.1, -0.05) is 277 Å². The fraction of sp³-hybridized carbons (Fsp3) is 0.918. The van der Waals surface area contributed by atoms with Crippen LogP contribution in [-0.4, -0.2) is 22.2 Å². The third-order valence-electron chi connectivity index (χ3n) is 12.2. The smallest absolute Gasteiger partial charge is 0.332 e. The van der Waals surface area contributed by atoms with Crippen LogP contribution in [0.5, 0.6) is 0 Å². The number of hydrogen-bond acceptors (Lipinski definition) is 2. The van der Waals surface area contributed by atoms with Crippen molar-refractivity contribution in [2.75, 3.05) is 0 Å². The first-order valence-corrected chi connectivity index (χ1v) is 24.1. The summed E-state index contributed by atoms with van der Waals surface area (Å²) in [5.41, 5.74) is -1.45. The molecule has 0 aromatic carbocycles. The van der Waals surface area contributed by atoms with E-state index < -0.39 is 17.4 Å². The molecule has 0 amide bonds. The van der Waals surface area contributed by atoms with Crippen molar-refractivity contribution in [3.8, 4) is 0 Å². The summed E-state index contributed by atoms with van der Waals surface area (Å²) in [6.07, 6.45) is 53.1. The van der Waals surface area contributed by atoms with Crippen LogP contribution in [0.25, 0.3) is 0 Å². The SMILES string of the molecule is C=C(C(=O)O)C(CCCCCCCCCCCCCCCCCCCCCC)(CCCCCCCCCCCCCCCCCCCCCC)C(=O)O. The first-order valence-electron chi connectivity index (χ1n) is 24.1. The normalized spacial score (nSPS) is 11.7. The first-order chi connectivity index (χ1) is 25.9. The Hall–Kier alpha value is -1.32. The molecule has 0 saturated carbocycles. The standard InChI is InChI=1S/C49H94O4/c1-4-6-8-10-12-14-16-18-20-22-24-26-28-30-32-34-36-38-40-42-44-49(48(52)53,46(3)47(50)51)45-43-41-39-37-35-33-31-29-27-25-23-21-19-17-15-13-11-9-7-5-2/h3-45H2,1-2H3,(H,50,51)(H,52,53). The van der Waals surface area contributed by atoms with Gasteiger partial charge in [0.2, 0.25) is 0 Å². The Morgan fingerprint density at radius 3 is 0.660 bits per heavy atom. The summed E-state index contributed by atoms with van der Waals surface area (Å²) >= 11 is 0. The van der Waals surface area contributed by atoms with Crippen LogP contribution in [0.4, 0.5) is 0 Å². The Labute approximate surface area is 331 Å². The minimum atomic E-state index is -1.33. The highest BCUT2D eigenvalue weighted by Gasteiger charge is 2.43. The second kappa shape index (κ2) is 40.3. The van der Waals surface area contributed by atoms with Crippen molar-refractivity contribution in [1.82, 2.24) is 0 Å². The minimum Gasteiger partial charge on any atom is -0.481 e. The molecule has 0 spiro atoms. The minimum absolute atomic E-state index is 0.124. The van der Waals surface area contributed by atoms with Crippen LogP contribution in [0.3, 0.4) is 0 Å². The highest BCUT2D eigenvalue weighted by atomic mass is 16.4. The summed E-state index contributed by atoms with van der Waals surface area (Å²) in [7, 11) is 0. The van der Waals surface area contributed by atoms with Crippen molar-refractivity contribution in [1.29, 1.82) is 0 Å². The number of unbranched alkanes of at least 4 members (excludes halogenated alkanes) is 38. The van der Waals surface area contributed by atoms with Crippen LogP contribution in [0.1, 0.15) is 284 Å². The third-order valence-corrected chi connectivity index (χ3v) is 12.2. The number of carbonyl (C=O) groups is 2. The van der Waals surface area contributed by atoms with E-state index in [9.17, 15) is 19.8 Å². The van der Waals surface area contributed by atoms with Crippen LogP contribution in [0.15, 0.2) is 12.2 Å². The van der Waals surface area contributed by atoms with Gasteiger partial charge in [0.1, 0.15) is 0 Å². The van der Waals surface area contributed by atoms with Gasteiger partial charge >= 0.3 is 11.9 Å². The molecule has 0 heterocycles. The van der Waals surface area contributed by atoms with E-state index in [1.54, 1.807) is 0 Å². The maximum absolute atomic E-state index is 12.5. The van der Waals surface area contributed by atoms with Crippen molar-refractivity contribution >= 4 is 11.9 Å². The summed E-state index contributed by atoms with van der Waals surface area (Å²) in [4.78, 5) is 24.4. The van der Waals surface area contributed by atoms with Crippen molar-refractivity contribution in [3.63, 3.8) is 0 Å². The molecule has 0 aromatic heterocycles. The summed E-state index contributed by atoms with van der Waals surface area (Å²) in [6, 6.07) is 0. The monoisotopic (exact) mass is 747 g/mol. The molecule has 0 saturated heterocycles. The number of rotatable bonds is 45. The predicted octanol–water partition coefficient (Wildman–Crippen LogP) is 17.1. The average molecular weight is 747 g/mol. The van der Waals surface area contributed by atoms with Gasteiger partial charge in [-0.2, -0.15) is 0 Å². The van der Waals surface area contributed by atoms with E-state index in [4.69, 9.17) is 0 Å². The number of hydrogen-bond donors (Lipinski definition) is 2. The van der Waals surface area contributed by atoms with Crippen LogP contribution in [-0.2, 0) is 9.59 Å². The Balaban J connectivity index is 3.87. The van der Waals surface area contributed by atoms with Gasteiger partial charge in [-0.25, -0.2) is 4.79 Å². The molecule has 0 rings (SSSR count). The van der Waals surface area contributed by atoms with Gasteiger partial charge in [0.15, 0.2) is 0 Å². The number of carboxylic acids is 2. The molecule has 0 fully saturated rings. The molecule has 0 aliphatic heterocycles. The first kappa shape index (κ1) is 51.7. The van der Waals surface area contributed by atoms with E-state index in [2.05, 4.69) is 20.4 Å². The lowest BCUT2D eigenvalue weighted by Crippen LogP contribution is -2.36. The van der Waals surface area contributed by atoms with Crippen LogP contribution >= 0.6 is 0 Å². The lowest BCUT2D eigenvalue weighted by Gasteiger charge is -2.30. The zero-order valence-corrected chi connectivity index (χ0v) is 36.1. The quantitative estimate of drug-likeness (QED) is 0.0481. The van der Waals surface area contributed by atoms with Gasteiger partial charge in [0.05, 0.1) is 5.41 Å². The van der Waals surface area contributed by atoms with Crippen molar-refractivity contribution in [2.24, 2.45) is 5.41 Å². The summed E-state index contributed by atoms with van der Waals surface area (Å²) in [5, 5.41) is 20.0. The zero-order chi connectivity index (χ0) is 38.9. The van der Waals surface area contributed by atoms with E-state index >= 15 is 0 Å². The highest BCUT2D eigenvalue weighted by Crippen LogP contribution is 2.39. The van der Waals surface area contributed by atoms with Crippen LogP contribution in [0.2, 0.25) is 0 Å². The molecule has 0 aliphatic carbocycles. The van der Waals surface area contributed by atoms with Crippen molar-refractivity contribution < 1.29 is 19.8 Å². The molecule has 0 radical (unpaired) electrons. The van der Waals surface area contributed by atoms with Crippen LogP contribution in [0, 0.1) is 5.41 Å². The lowest BCUT2D eigenvalue weighted by molar-refractivity contribution is -0.151. The Bertz CT molecular complexity index is 760. The second-order valence-corrected chi connectivity index (χ2v) is 17.1. The number of carboxylic acid groups (broad SMARTS) is 2. The van der Waals surface area contributed by atoms with E-state index in [0.29, 0.717) is 12.8 Å². The van der Waals surface area contributed by atoms with Gasteiger partial charge in [-0.3, -0.25) is 4.79 Å². The molecule has 0 unspecified atom stereocenters. The largest absolute Gasteiger partial charge is 0.481 e. The lowest BCUT2D eigenvalue weighted by atomic mass is 9.72. The Morgan fingerprint density at radius 1 is 0.340 bits per heavy atom. The van der Waals surface area contributed by atoms with E-state index in [1.807, 2.05) is 0 Å². The zero-order valence-electron chi connectivity index (χ0n) is 36.1. The molecular formula is C49H94O4. The average Bonchev–Trinajstić information content (AvgIpc) is 3.15. The van der Waals surface area contributed by atoms with Gasteiger partial charge in [0, 0.05) is 5.57 Å². The van der Waals surface area contributed by atoms with E-state index in [0.717, 1.165) is 38.5 Å². The number of aliphatic carboxylic acids is 2. The molecule has 0 atom stereocenters. The molecule has 2 N–H and O–H groups in total. The molecule has 0 aliphatic rings. The summed E-state index contributed by atoms with van der Waals surface area (Å²) in [5.74, 6) is -2.16. The summed E-state index contributed by atoms with van der Waals surface area (Å²) < 4.78 is 0. The van der Waals surface area contributed by atoms with Crippen molar-refractivity contribution in [2.45, 2.75) is 284 Å². The van der Waals surface area contributed by atoms with Gasteiger partial charge in [-0.05, 0) is 12.8 Å². The predicted molar refractivity (Wildman–Crippen MR) is 232 cm³/mol. The molecule has 314 valence electrons. The molecule has 4 heteroatoms. The molecular weight excluding hydrogens is 653 g/mol. The highest BCUT2D eigenvalue weighted by molar-refractivity contribution is 5.96. The Kier molecular flexibility index (Phi) is 39.3. The molecule has 0 bridgehead atoms. The van der Waals surface area contributed by atoms with E-state index in [-0.39, 0.29) is 5.57 Å². The second-order valence-electron chi connectivity index (χ2n) is 17.1. The van der Waals surface area contributed by atoms with Gasteiger partial charge in [0.25, 0.3) is 0 Å². The molecule has 0 aromatic rings. The van der Waals surface area contributed by atoms with Crippen molar-refractivity contribution in [3.05, 3.63) is 12.2 Å².